The summed E-state index contributed by atoms with van der Waals surface area (Å²) in [6, 6.07) is 8.24. The van der Waals surface area contributed by atoms with Gasteiger partial charge in [0.05, 0.1) is 12.7 Å². The van der Waals surface area contributed by atoms with E-state index in [-0.39, 0.29) is 0 Å². The van der Waals surface area contributed by atoms with Crippen molar-refractivity contribution in [3.63, 3.8) is 0 Å². The highest BCUT2D eigenvalue weighted by molar-refractivity contribution is 9.10. The lowest BCUT2D eigenvalue weighted by Crippen LogP contribution is -2.21. The van der Waals surface area contributed by atoms with Gasteiger partial charge in [-0.25, -0.2) is 0 Å². The molecule has 2 nitrogen and oxygen atoms in total. The Bertz CT molecular complexity index is 289. The predicted molar refractivity (Wildman–Crippen MR) is 66.9 cm³/mol. The Hall–Kier alpha value is -0.380. The number of rotatable bonds is 6. The van der Waals surface area contributed by atoms with Crippen LogP contribution in [-0.2, 0) is 11.3 Å². The van der Waals surface area contributed by atoms with E-state index >= 15 is 0 Å². The highest BCUT2D eigenvalue weighted by Crippen LogP contribution is 2.14. The lowest BCUT2D eigenvalue weighted by Gasteiger charge is -2.09. The molecular weight excluding hydrogens is 254 g/mol. The first-order valence-electron chi connectivity index (χ1n) is 5.26. The van der Waals surface area contributed by atoms with Crippen molar-refractivity contribution < 1.29 is 4.74 Å². The van der Waals surface area contributed by atoms with Crippen molar-refractivity contribution in [2.45, 2.75) is 26.5 Å². The lowest BCUT2D eigenvalue weighted by atomic mass is 10.2. The Balaban J connectivity index is 2.18. The fourth-order valence-electron chi connectivity index (χ4n) is 1.23. The normalized spacial score (nSPS) is 10.9. The number of nitrogens with one attached hydrogen (secondary N) is 1. The first-order chi connectivity index (χ1) is 7.20. The molecule has 0 saturated heterocycles. The van der Waals surface area contributed by atoms with Gasteiger partial charge in [-0.05, 0) is 25.5 Å². The average Bonchev–Trinajstić information content (AvgIpc) is 2.20. The van der Waals surface area contributed by atoms with Gasteiger partial charge in [0.15, 0.2) is 0 Å². The molecule has 0 amide bonds. The van der Waals surface area contributed by atoms with E-state index in [4.69, 9.17) is 4.74 Å². The first kappa shape index (κ1) is 12.7. The second-order valence-electron chi connectivity index (χ2n) is 3.69. The van der Waals surface area contributed by atoms with Gasteiger partial charge in [-0.3, -0.25) is 0 Å². The Morgan fingerprint density at radius 1 is 1.33 bits per heavy atom. The third-order valence-electron chi connectivity index (χ3n) is 2.00. The van der Waals surface area contributed by atoms with E-state index in [2.05, 4.69) is 33.4 Å². The van der Waals surface area contributed by atoms with Crippen molar-refractivity contribution in [3.8, 4) is 0 Å². The smallest absolute Gasteiger partial charge is 0.0594 e. The summed E-state index contributed by atoms with van der Waals surface area (Å²) in [5.41, 5.74) is 1.28. The van der Waals surface area contributed by atoms with Crippen molar-refractivity contribution >= 4 is 15.9 Å². The van der Waals surface area contributed by atoms with E-state index in [1.54, 1.807) is 0 Å². The van der Waals surface area contributed by atoms with E-state index in [9.17, 15) is 0 Å². The molecule has 0 spiro atoms. The Labute approximate surface area is 100 Å². The number of ether oxygens (including phenoxy) is 1. The summed E-state index contributed by atoms with van der Waals surface area (Å²) in [6.45, 7) is 6.63. The van der Waals surface area contributed by atoms with E-state index < -0.39 is 0 Å². The van der Waals surface area contributed by atoms with Crippen LogP contribution in [0.5, 0.6) is 0 Å². The third kappa shape index (κ3) is 5.30. The number of hydrogen-bond donors (Lipinski definition) is 1. The van der Waals surface area contributed by atoms with Crippen molar-refractivity contribution in [2.24, 2.45) is 0 Å². The molecular formula is C12H18BrNO. The maximum atomic E-state index is 5.44. The molecule has 0 aliphatic heterocycles. The van der Waals surface area contributed by atoms with Crippen LogP contribution in [0.15, 0.2) is 28.7 Å². The van der Waals surface area contributed by atoms with Gasteiger partial charge in [-0.15, -0.1) is 0 Å². The number of halogens is 1. The fraction of sp³-hybridized carbons (Fsp3) is 0.500. The van der Waals surface area contributed by atoms with Gasteiger partial charge in [0.1, 0.15) is 0 Å². The molecule has 0 saturated carbocycles. The monoisotopic (exact) mass is 271 g/mol. The highest BCUT2D eigenvalue weighted by atomic mass is 79.9. The van der Waals surface area contributed by atoms with Crippen LogP contribution >= 0.6 is 15.9 Å². The molecule has 0 fully saturated rings. The second-order valence-corrected chi connectivity index (χ2v) is 4.54. The van der Waals surface area contributed by atoms with Gasteiger partial charge < -0.3 is 10.1 Å². The average molecular weight is 272 g/mol. The Morgan fingerprint density at radius 2 is 2.07 bits per heavy atom. The quantitative estimate of drug-likeness (QED) is 0.804. The van der Waals surface area contributed by atoms with Crippen molar-refractivity contribution in [1.29, 1.82) is 0 Å². The minimum Gasteiger partial charge on any atom is -0.377 e. The van der Waals surface area contributed by atoms with Gasteiger partial charge in [-0.2, -0.15) is 0 Å². The van der Waals surface area contributed by atoms with Crippen LogP contribution in [0.1, 0.15) is 19.4 Å². The van der Waals surface area contributed by atoms with Gasteiger partial charge in [0, 0.05) is 17.6 Å². The summed E-state index contributed by atoms with van der Waals surface area (Å²) in [5, 5.41) is 3.34. The molecule has 84 valence electrons. The van der Waals surface area contributed by atoms with E-state index in [0.29, 0.717) is 6.10 Å². The van der Waals surface area contributed by atoms with Gasteiger partial charge in [-0.1, -0.05) is 34.1 Å². The van der Waals surface area contributed by atoms with Crippen molar-refractivity contribution in [3.05, 3.63) is 34.3 Å². The van der Waals surface area contributed by atoms with Gasteiger partial charge in [0.25, 0.3) is 0 Å². The molecule has 0 unspecified atom stereocenters. The molecule has 1 N–H and O–H groups in total. The molecule has 1 aromatic rings. The summed E-state index contributed by atoms with van der Waals surface area (Å²) < 4.78 is 6.59. The topological polar surface area (TPSA) is 21.3 Å². The Morgan fingerprint density at radius 3 is 2.73 bits per heavy atom. The molecule has 0 atom stereocenters. The van der Waals surface area contributed by atoms with Crippen LogP contribution in [-0.4, -0.2) is 19.3 Å². The molecule has 0 aromatic heterocycles. The van der Waals surface area contributed by atoms with Gasteiger partial charge in [0.2, 0.25) is 0 Å². The van der Waals surface area contributed by atoms with E-state index in [0.717, 1.165) is 24.2 Å². The molecule has 0 radical (unpaired) electrons. The maximum absolute atomic E-state index is 5.44. The predicted octanol–water partition coefficient (Wildman–Crippen LogP) is 2.96. The van der Waals surface area contributed by atoms with Crippen molar-refractivity contribution in [2.75, 3.05) is 13.2 Å². The van der Waals surface area contributed by atoms with E-state index in [1.165, 1.54) is 5.56 Å². The summed E-state index contributed by atoms with van der Waals surface area (Å²) >= 11 is 3.52. The van der Waals surface area contributed by atoms with Crippen LogP contribution < -0.4 is 5.32 Å². The van der Waals surface area contributed by atoms with Crippen molar-refractivity contribution in [1.82, 2.24) is 5.32 Å². The van der Waals surface area contributed by atoms with Crippen LogP contribution in [0.3, 0.4) is 0 Å². The number of hydrogen-bond acceptors (Lipinski definition) is 2. The third-order valence-corrected chi connectivity index (χ3v) is 2.78. The molecule has 0 aliphatic rings. The molecule has 1 aromatic carbocycles. The summed E-state index contributed by atoms with van der Waals surface area (Å²) in [5.74, 6) is 0. The zero-order valence-corrected chi connectivity index (χ0v) is 10.9. The minimum atomic E-state index is 0.315. The standard InChI is InChI=1S/C12H18BrNO/c1-10(2)15-8-7-14-9-11-5-3-4-6-12(11)13/h3-6,10,14H,7-9H2,1-2H3. The molecule has 0 aliphatic carbocycles. The molecule has 15 heavy (non-hydrogen) atoms. The second kappa shape index (κ2) is 6.99. The largest absolute Gasteiger partial charge is 0.377 e. The zero-order valence-electron chi connectivity index (χ0n) is 9.29. The summed E-state index contributed by atoms with van der Waals surface area (Å²) in [6.07, 6.45) is 0.315. The first-order valence-corrected chi connectivity index (χ1v) is 6.05. The SMILES string of the molecule is CC(C)OCCNCc1ccccc1Br. The molecule has 0 heterocycles. The van der Waals surface area contributed by atoms with Crippen LogP contribution in [0.4, 0.5) is 0 Å². The minimum absolute atomic E-state index is 0.315. The summed E-state index contributed by atoms with van der Waals surface area (Å²) in [4.78, 5) is 0. The van der Waals surface area contributed by atoms with Crippen LogP contribution in [0, 0.1) is 0 Å². The molecule has 1 rings (SSSR count). The summed E-state index contributed by atoms with van der Waals surface area (Å²) in [7, 11) is 0. The molecule has 3 heteroatoms. The number of benzene rings is 1. The highest BCUT2D eigenvalue weighted by Gasteiger charge is 1.97. The van der Waals surface area contributed by atoms with Gasteiger partial charge >= 0.3 is 0 Å². The van der Waals surface area contributed by atoms with E-state index in [1.807, 2.05) is 26.0 Å². The fourth-order valence-corrected chi connectivity index (χ4v) is 1.66. The molecule has 0 bridgehead atoms. The Kier molecular flexibility index (Phi) is 5.91. The van der Waals surface area contributed by atoms with Crippen LogP contribution in [0.25, 0.3) is 0 Å². The maximum Gasteiger partial charge on any atom is 0.0594 e. The zero-order chi connectivity index (χ0) is 11.1. The van der Waals surface area contributed by atoms with Crippen LogP contribution in [0.2, 0.25) is 0 Å². The lowest BCUT2D eigenvalue weighted by molar-refractivity contribution is 0.0807.